The van der Waals surface area contributed by atoms with E-state index in [4.69, 9.17) is 5.73 Å². The Morgan fingerprint density at radius 1 is 1.30 bits per heavy atom. The predicted molar refractivity (Wildman–Crippen MR) is 71.4 cm³/mol. The van der Waals surface area contributed by atoms with Crippen LogP contribution in [0.3, 0.4) is 0 Å². The topological polar surface area (TPSA) is 89.3 Å². The normalized spacial score (nSPS) is 11.7. The van der Waals surface area contributed by atoms with Gasteiger partial charge in [-0.05, 0) is 18.6 Å². The Labute approximate surface area is 116 Å². The Morgan fingerprint density at radius 3 is 2.50 bits per heavy atom. The Balaban J connectivity index is 2.71. The Kier molecular flexibility index (Phi) is 5.83. The molecule has 1 aromatic rings. The van der Waals surface area contributed by atoms with Crippen molar-refractivity contribution in [1.82, 2.24) is 5.32 Å². The molecule has 0 saturated carbocycles. The molecule has 0 spiro atoms. The van der Waals surface area contributed by atoms with Crippen molar-refractivity contribution in [3.63, 3.8) is 0 Å². The van der Waals surface area contributed by atoms with Crippen LogP contribution in [0.15, 0.2) is 24.3 Å². The highest BCUT2D eigenvalue weighted by Crippen LogP contribution is 2.08. The lowest BCUT2D eigenvalue weighted by atomic mass is 10.1. The lowest BCUT2D eigenvalue weighted by Gasteiger charge is -2.15. The van der Waals surface area contributed by atoms with Gasteiger partial charge in [0.05, 0.1) is 5.56 Å². The van der Waals surface area contributed by atoms with Gasteiger partial charge in [0.25, 0.3) is 5.91 Å². The summed E-state index contributed by atoms with van der Waals surface area (Å²) in [6.07, 6.45) is 0.608. The number of carbonyl (C=O) groups excluding carboxylic acids is 3. The van der Waals surface area contributed by atoms with Crippen molar-refractivity contribution in [2.45, 2.75) is 32.2 Å². The lowest BCUT2D eigenvalue weighted by molar-refractivity contribution is -0.121. The first-order chi connectivity index (χ1) is 9.45. The molecule has 0 aliphatic heterocycles. The van der Waals surface area contributed by atoms with Crippen LogP contribution in [0.5, 0.6) is 0 Å². The summed E-state index contributed by atoms with van der Waals surface area (Å²) in [5.41, 5.74) is 5.00. The molecule has 1 rings (SSSR count). The minimum absolute atomic E-state index is 0.0311. The van der Waals surface area contributed by atoms with E-state index in [1.807, 2.05) is 0 Å². The van der Waals surface area contributed by atoms with Gasteiger partial charge in [-0.15, -0.1) is 0 Å². The summed E-state index contributed by atoms with van der Waals surface area (Å²) in [7, 11) is 0. The van der Waals surface area contributed by atoms with Crippen LogP contribution in [0.4, 0.5) is 4.39 Å². The zero-order chi connectivity index (χ0) is 15.1. The van der Waals surface area contributed by atoms with Crippen LogP contribution in [0.2, 0.25) is 0 Å². The number of halogens is 1. The van der Waals surface area contributed by atoms with E-state index in [-0.39, 0.29) is 24.2 Å². The number of rotatable bonds is 7. The van der Waals surface area contributed by atoms with E-state index < -0.39 is 23.7 Å². The van der Waals surface area contributed by atoms with Crippen LogP contribution in [0.1, 0.15) is 36.5 Å². The molecular weight excluding hydrogens is 263 g/mol. The van der Waals surface area contributed by atoms with Crippen molar-refractivity contribution in [2.24, 2.45) is 5.73 Å². The maximum atomic E-state index is 13.4. The summed E-state index contributed by atoms with van der Waals surface area (Å²) in [6.45, 7) is 1.71. The molecular formula is C14H17FN2O3. The molecule has 0 heterocycles. The lowest BCUT2D eigenvalue weighted by Crippen LogP contribution is -2.44. The third kappa shape index (κ3) is 4.46. The maximum Gasteiger partial charge on any atom is 0.254 e. The van der Waals surface area contributed by atoms with Crippen molar-refractivity contribution < 1.29 is 18.8 Å². The number of ketones is 1. The van der Waals surface area contributed by atoms with E-state index >= 15 is 0 Å². The highest BCUT2D eigenvalue weighted by molar-refractivity contribution is 5.97. The van der Waals surface area contributed by atoms with Gasteiger partial charge in [-0.1, -0.05) is 19.1 Å². The smallest absolute Gasteiger partial charge is 0.254 e. The second-order valence-corrected chi connectivity index (χ2v) is 4.34. The second kappa shape index (κ2) is 7.37. The fraction of sp³-hybridized carbons (Fsp3) is 0.357. The van der Waals surface area contributed by atoms with Gasteiger partial charge in [-0.2, -0.15) is 0 Å². The summed E-state index contributed by atoms with van der Waals surface area (Å²) in [5.74, 6) is -2.19. The van der Waals surface area contributed by atoms with Gasteiger partial charge >= 0.3 is 0 Å². The third-order valence-electron chi connectivity index (χ3n) is 2.87. The Hall–Kier alpha value is -2.24. The molecule has 1 atom stereocenters. The van der Waals surface area contributed by atoms with Gasteiger partial charge in [-0.25, -0.2) is 4.39 Å². The molecule has 0 unspecified atom stereocenters. The molecule has 0 radical (unpaired) electrons. The second-order valence-electron chi connectivity index (χ2n) is 4.34. The average molecular weight is 280 g/mol. The number of benzene rings is 1. The predicted octanol–water partition coefficient (Wildman–Crippen LogP) is 1.17. The van der Waals surface area contributed by atoms with Crippen LogP contribution in [-0.2, 0) is 9.59 Å². The number of carbonyl (C=O) groups is 3. The number of nitrogens with two attached hydrogens (primary N) is 1. The molecule has 0 aliphatic rings. The maximum absolute atomic E-state index is 13.4. The van der Waals surface area contributed by atoms with Crippen molar-refractivity contribution in [1.29, 1.82) is 0 Å². The van der Waals surface area contributed by atoms with Gasteiger partial charge in [0.1, 0.15) is 17.6 Å². The quantitative estimate of drug-likeness (QED) is 0.785. The van der Waals surface area contributed by atoms with Crippen LogP contribution >= 0.6 is 0 Å². The molecule has 0 saturated heterocycles. The van der Waals surface area contributed by atoms with Crippen molar-refractivity contribution in [2.75, 3.05) is 0 Å². The largest absolute Gasteiger partial charge is 0.368 e. The minimum atomic E-state index is -0.988. The van der Waals surface area contributed by atoms with Crippen molar-refractivity contribution >= 4 is 17.6 Å². The van der Waals surface area contributed by atoms with Crippen molar-refractivity contribution in [3.8, 4) is 0 Å². The minimum Gasteiger partial charge on any atom is -0.368 e. The van der Waals surface area contributed by atoms with E-state index in [0.29, 0.717) is 6.42 Å². The monoisotopic (exact) mass is 280 g/mol. The molecule has 3 N–H and O–H groups in total. The van der Waals surface area contributed by atoms with Gasteiger partial charge in [0.2, 0.25) is 5.91 Å². The zero-order valence-corrected chi connectivity index (χ0v) is 11.2. The Bertz CT molecular complexity index is 517. The van der Waals surface area contributed by atoms with Crippen LogP contribution in [0, 0.1) is 5.82 Å². The molecule has 2 amide bonds. The standard InChI is InChI=1S/C14H17FN2O3/c1-2-9(18)7-8-12(13(16)19)17-14(20)10-5-3-4-6-11(10)15/h3-6,12H,2,7-8H2,1H3,(H2,16,19)(H,17,20)/t12-/m1/s1. The van der Waals surface area contributed by atoms with E-state index in [2.05, 4.69) is 5.32 Å². The molecule has 1 aromatic carbocycles. The number of hydrogen-bond acceptors (Lipinski definition) is 3. The molecule has 0 aliphatic carbocycles. The highest BCUT2D eigenvalue weighted by atomic mass is 19.1. The van der Waals surface area contributed by atoms with Gasteiger partial charge in [0.15, 0.2) is 0 Å². The summed E-state index contributed by atoms with van der Waals surface area (Å²) >= 11 is 0. The van der Waals surface area contributed by atoms with Gasteiger partial charge < -0.3 is 11.1 Å². The fourth-order valence-electron chi connectivity index (χ4n) is 1.65. The van der Waals surface area contributed by atoms with E-state index in [1.165, 1.54) is 18.2 Å². The van der Waals surface area contributed by atoms with E-state index in [0.717, 1.165) is 6.07 Å². The number of primary amides is 1. The van der Waals surface area contributed by atoms with Crippen LogP contribution < -0.4 is 11.1 Å². The first kappa shape index (κ1) is 15.8. The molecule has 0 fully saturated rings. The molecule has 20 heavy (non-hydrogen) atoms. The molecule has 108 valence electrons. The summed E-state index contributed by atoms with van der Waals surface area (Å²) in [5, 5.41) is 2.35. The van der Waals surface area contributed by atoms with E-state index in [1.54, 1.807) is 6.92 Å². The first-order valence-electron chi connectivity index (χ1n) is 6.32. The number of nitrogens with one attached hydrogen (secondary N) is 1. The first-order valence-corrected chi connectivity index (χ1v) is 6.32. The summed E-state index contributed by atoms with van der Waals surface area (Å²) in [4.78, 5) is 34.3. The number of amides is 2. The average Bonchev–Trinajstić information content (AvgIpc) is 2.42. The third-order valence-corrected chi connectivity index (χ3v) is 2.87. The summed E-state index contributed by atoms with van der Waals surface area (Å²) < 4.78 is 13.4. The summed E-state index contributed by atoms with van der Waals surface area (Å²) in [6, 6.07) is 4.43. The zero-order valence-electron chi connectivity index (χ0n) is 11.2. The molecule has 0 aromatic heterocycles. The SMILES string of the molecule is CCC(=O)CC[C@@H](NC(=O)c1ccccc1F)C(N)=O. The van der Waals surface area contributed by atoms with Crippen LogP contribution in [0.25, 0.3) is 0 Å². The molecule has 5 nitrogen and oxygen atoms in total. The van der Waals surface area contributed by atoms with Crippen molar-refractivity contribution in [3.05, 3.63) is 35.6 Å². The van der Waals surface area contributed by atoms with E-state index in [9.17, 15) is 18.8 Å². The molecule has 6 heteroatoms. The number of Topliss-reactive ketones (excluding diaryl/α,β-unsaturated/α-hetero) is 1. The van der Waals surface area contributed by atoms with Crippen LogP contribution in [-0.4, -0.2) is 23.6 Å². The number of hydrogen-bond donors (Lipinski definition) is 2. The fourth-order valence-corrected chi connectivity index (χ4v) is 1.65. The molecule has 0 bridgehead atoms. The Morgan fingerprint density at radius 2 is 1.95 bits per heavy atom. The highest BCUT2D eigenvalue weighted by Gasteiger charge is 2.21. The van der Waals surface area contributed by atoms with Gasteiger partial charge in [-0.3, -0.25) is 14.4 Å². The van der Waals surface area contributed by atoms with Gasteiger partial charge in [0, 0.05) is 12.8 Å².